The van der Waals surface area contributed by atoms with Gasteiger partial charge in [0.05, 0.1) is 5.69 Å². The highest BCUT2D eigenvalue weighted by atomic mass is 32.1. The summed E-state index contributed by atoms with van der Waals surface area (Å²) in [5.41, 5.74) is 0.256. The van der Waals surface area contributed by atoms with E-state index in [1.807, 2.05) is 40.0 Å². The first-order chi connectivity index (χ1) is 11.5. The zero-order valence-electron chi connectivity index (χ0n) is 16.1. The van der Waals surface area contributed by atoms with Crippen LogP contribution in [0.4, 0.5) is 10.5 Å². The highest BCUT2D eigenvalue weighted by Gasteiger charge is 2.57. The molecule has 2 N–H and O–H groups in total. The van der Waals surface area contributed by atoms with Crippen LogP contribution < -0.4 is 5.32 Å². The summed E-state index contributed by atoms with van der Waals surface area (Å²) in [6.45, 7) is 12.4. The molecule has 0 bridgehead atoms. The standard InChI is InChI=1S/C19H30N2O3S/c1-7-14-8-9-21(17(23)24)19(10-14,18(4,5)6)16(22)20-15-12(2)11-25-13(15)3/h11,14H,7-10H2,1-6H3,(H,20,22)(H,23,24)/t14-,19-/m1/s1. The van der Waals surface area contributed by atoms with Gasteiger partial charge in [0.1, 0.15) is 5.54 Å². The Kier molecular flexibility index (Phi) is 5.52. The van der Waals surface area contributed by atoms with Gasteiger partial charge in [-0.15, -0.1) is 11.3 Å². The Morgan fingerprint density at radius 3 is 2.48 bits per heavy atom. The van der Waals surface area contributed by atoms with Crippen LogP contribution >= 0.6 is 11.3 Å². The molecule has 0 saturated carbocycles. The Bertz CT molecular complexity index is 643. The van der Waals surface area contributed by atoms with Gasteiger partial charge in [-0.2, -0.15) is 0 Å². The van der Waals surface area contributed by atoms with E-state index in [0.717, 1.165) is 29.0 Å². The lowest BCUT2D eigenvalue weighted by atomic mass is 9.64. The average molecular weight is 367 g/mol. The maximum absolute atomic E-state index is 13.5. The van der Waals surface area contributed by atoms with Crippen molar-refractivity contribution in [1.82, 2.24) is 4.90 Å². The van der Waals surface area contributed by atoms with E-state index in [1.54, 1.807) is 11.3 Å². The summed E-state index contributed by atoms with van der Waals surface area (Å²) in [5, 5.41) is 14.9. The molecule has 6 heteroatoms. The van der Waals surface area contributed by atoms with Crippen LogP contribution in [0.1, 0.15) is 57.4 Å². The summed E-state index contributed by atoms with van der Waals surface area (Å²) in [5.74, 6) is 0.149. The minimum absolute atomic E-state index is 0.204. The molecule has 2 heterocycles. The molecule has 2 atom stereocenters. The average Bonchev–Trinajstić information content (AvgIpc) is 2.84. The number of carbonyl (C=O) groups is 2. The van der Waals surface area contributed by atoms with Gasteiger partial charge in [0.25, 0.3) is 5.91 Å². The largest absolute Gasteiger partial charge is 0.465 e. The number of likely N-dealkylation sites (tertiary alicyclic amines) is 1. The molecule has 1 fully saturated rings. The lowest BCUT2D eigenvalue weighted by Crippen LogP contribution is -2.68. The summed E-state index contributed by atoms with van der Waals surface area (Å²) in [6.07, 6.45) is 1.31. The fourth-order valence-electron chi connectivity index (χ4n) is 3.98. The molecule has 140 valence electrons. The number of carboxylic acid groups (broad SMARTS) is 1. The predicted molar refractivity (Wildman–Crippen MR) is 102 cm³/mol. The van der Waals surface area contributed by atoms with Crippen LogP contribution in [-0.4, -0.2) is 34.1 Å². The van der Waals surface area contributed by atoms with E-state index in [1.165, 1.54) is 4.90 Å². The van der Waals surface area contributed by atoms with E-state index in [4.69, 9.17) is 0 Å². The Morgan fingerprint density at radius 2 is 2.04 bits per heavy atom. The zero-order valence-corrected chi connectivity index (χ0v) is 16.9. The molecule has 0 aliphatic carbocycles. The van der Waals surface area contributed by atoms with Gasteiger partial charge in [0.2, 0.25) is 0 Å². The molecule has 1 aliphatic rings. The molecule has 2 rings (SSSR count). The van der Waals surface area contributed by atoms with E-state index in [0.29, 0.717) is 18.9 Å². The highest BCUT2D eigenvalue weighted by Crippen LogP contribution is 2.46. The van der Waals surface area contributed by atoms with Crippen molar-refractivity contribution >= 4 is 29.0 Å². The van der Waals surface area contributed by atoms with Crippen LogP contribution in [0.15, 0.2) is 5.38 Å². The number of amides is 2. The van der Waals surface area contributed by atoms with Gasteiger partial charge in [-0.05, 0) is 49.0 Å². The first-order valence-electron chi connectivity index (χ1n) is 8.91. The summed E-state index contributed by atoms with van der Waals surface area (Å²) >= 11 is 1.59. The van der Waals surface area contributed by atoms with Gasteiger partial charge < -0.3 is 10.4 Å². The van der Waals surface area contributed by atoms with Gasteiger partial charge in [-0.25, -0.2) is 4.79 Å². The molecule has 0 radical (unpaired) electrons. The smallest absolute Gasteiger partial charge is 0.408 e. The lowest BCUT2D eigenvalue weighted by molar-refractivity contribution is -0.140. The van der Waals surface area contributed by atoms with Crippen LogP contribution in [0, 0.1) is 25.2 Å². The third-order valence-electron chi connectivity index (χ3n) is 5.63. The third-order valence-corrected chi connectivity index (χ3v) is 6.66. The van der Waals surface area contributed by atoms with Gasteiger partial charge in [-0.3, -0.25) is 9.69 Å². The molecule has 1 aromatic rings. The van der Waals surface area contributed by atoms with Crippen molar-refractivity contribution < 1.29 is 14.7 Å². The Balaban J connectivity index is 2.51. The number of hydrogen-bond acceptors (Lipinski definition) is 3. The highest BCUT2D eigenvalue weighted by molar-refractivity contribution is 7.10. The number of rotatable bonds is 3. The molecule has 0 aromatic carbocycles. The molecular formula is C19H30N2O3S. The number of aryl methyl sites for hydroxylation is 2. The number of thiophene rings is 1. The van der Waals surface area contributed by atoms with Crippen molar-refractivity contribution in [3.8, 4) is 0 Å². The molecule has 0 spiro atoms. The maximum atomic E-state index is 13.5. The number of hydrogen-bond donors (Lipinski definition) is 2. The zero-order chi connectivity index (χ0) is 19.0. The first-order valence-corrected chi connectivity index (χ1v) is 9.79. The topological polar surface area (TPSA) is 69.6 Å². The van der Waals surface area contributed by atoms with Gasteiger partial charge in [0, 0.05) is 11.4 Å². The van der Waals surface area contributed by atoms with Crippen molar-refractivity contribution in [2.24, 2.45) is 11.3 Å². The summed E-state index contributed by atoms with van der Waals surface area (Å²) in [4.78, 5) is 27.9. The predicted octanol–water partition coefficient (Wildman–Crippen LogP) is 4.89. The quantitative estimate of drug-likeness (QED) is 0.800. The minimum Gasteiger partial charge on any atom is -0.465 e. The molecule has 25 heavy (non-hydrogen) atoms. The van der Waals surface area contributed by atoms with Crippen LogP contribution in [-0.2, 0) is 4.79 Å². The number of piperidine rings is 1. The van der Waals surface area contributed by atoms with Gasteiger partial charge in [-0.1, -0.05) is 34.1 Å². The van der Waals surface area contributed by atoms with Crippen LogP contribution in [0.5, 0.6) is 0 Å². The van der Waals surface area contributed by atoms with Crippen molar-refractivity contribution in [2.75, 3.05) is 11.9 Å². The second-order valence-corrected chi connectivity index (χ2v) is 9.20. The fourth-order valence-corrected chi connectivity index (χ4v) is 4.78. The van der Waals surface area contributed by atoms with E-state index in [9.17, 15) is 14.7 Å². The van der Waals surface area contributed by atoms with E-state index < -0.39 is 17.0 Å². The number of carbonyl (C=O) groups excluding carboxylic acids is 1. The number of anilines is 1. The fraction of sp³-hybridized carbons (Fsp3) is 0.684. The Hall–Kier alpha value is -1.56. The number of nitrogens with one attached hydrogen (secondary N) is 1. The molecule has 1 saturated heterocycles. The van der Waals surface area contributed by atoms with Crippen molar-refractivity contribution in [2.45, 2.75) is 66.3 Å². The van der Waals surface area contributed by atoms with Crippen LogP contribution in [0.3, 0.4) is 0 Å². The first kappa shape index (κ1) is 19.8. The van der Waals surface area contributed by atoms with Crippen LogP contribution in [0.25, 0.3) is 0 Å². The van der Waals surface area contributed by atoms with E-state index >= 15 is 0 Å². The summed E-state index contributed by atoms with van der Waals surface area (Å²) in [6, 6.07) is 0. The maximum Gasteiger partial charge on any atom is 0.408 e. The van der Waals surface area contributed by atoms with Crippen molar-refractivity contribution in [1.29, 1.82) is 0 Å². The van der Waals surface area contributed by atoms with E-state index in [2.05, 4.69) is 12.2 Å². The summed E-state index contributed by atoms with van der Waals surface area (Å²) in [7, 11) is 0. The number of nitrogens with zero attached hydrogens (tertiary/aromatic N) is 1. The Morgan fingerprint density at radius 1 is 1.40 bits per heavy atom. The monoisotopic (exact) mass is 366 g/mol. The molecule has 5 nitrogen and oxygen atoms in total. The normalized spacial score (nSPS) is 24.2. The van der Waals surface area contributed by atoms with Crippen molar-refractivity contribution in [3.63, 3.8) is 0 Å². The second kappa shape index (κ2) is 6.98. The molecule has 1 aromatic heterocycles. The summed E-state index contributed by atoms with van der Waals surface area (Å²) < 4.78 is 0. The van der Waals surface area contributed by atoms with Crippen LogP contribution in [0.2, 0.25) is 0 Å². The Labute approximate surface area is 154 Å². The minimum atomic E-state index is -1.07. The third kappa shape index (κ3) is 3.41. The second-order valence-electron chi connectivity index (χ2n) is 8.12. The molecule has 1 aliphatic heterocycles. The molecule has 2 amide bonds. The molecular weight excluding hydrogens is 336 g/mol. The van der Waals surface area contributed by atoms with Gasteiger partial charge in [0.15, 0.2) is 0 Å². The SMILES string of the molecule is CC[C@@H]1CCN(C(=O)O)[C@](C(=O)Nc2c(C)csc2C)(C(C)(C)C)C1. The van der Waals surface area contributed by atoms with Gasteiger partial charge >= 0.3 is 6.09 Å². The molecule has 0 unspecified atom stereocenters. The van der Waals surface area contributed by atoms with E-state index in [-0.39, 0.29) is 5.91 Å². The lowest BCUT2D eigenvalue weighted by Gasteiger charge is -2.53. The van der Waals surface area contributed by atoms with Crippen molar-refractivity contribution in [3.05, 3.63) is 15.8 Å².